The number of carbonyl (C=O) groups excluding carboxylic acids is 2. The molecule has 1 atom stereocenters. The molecule has 4 N–H and O–H groups in total. The van der Waals surface area contributed by atoms with Gasteiger partial charge in [-0.3, -0.25) is 18.6 Å². The molecule has 0 saturated carbocycles. The molecule has 0 aromatic heterocycles. The Morgan fingerprint density at radius 1 is 0.953 bits per heavy atom. The number of anilines is 1. The lowest BCUT2D eigenvalue weighted by molar-refractivity contribution is -0.123. The van der Waals surface area contributed by atoms with Crippen molar-refractivity contribution in [1.82, 2.24) is 19.7 Å². The highest BCUT2D eigenvalue weighted by atomic mass is 35.5. The molecule has 0 fully saturated rings. The normalized spacial score (nSPS) is 14.6. The number of benzene rings is 3. The summed E-state index contributed by atoms with van der Waals surface area (Å²) in [7, 11) is -4.15. The average molecular weight is 677 g/mol. The monoisotopic (exact) mass is 675 g/mol. The van der Waals surface area contributed by atoms with E-state index in [0.717, 1.165) is 5.56 Å². The van der Waals surface area contributed by atoms with Crippen molar-refractivity contribution < 1.29 is 18.0 Å². The first-order chi connectivity index (χ1) is 20.6. The Hall–Kier alpha value is -3.61. The zero-order valence-corrected chi connectivity index (χ0v) is 26.1. The fourth-order valence-corrected chi connectivity index (χ4v) is 6.79. The number of sulfonamides is 1. The van der Waals surface area contributed by atoms with Crippen molar-refractivity contribution >= 4 is 74.5 Å². The highest BCUT2D eigenvalue weighted by Gasteiger charge is 2.31. The van der Waals surface area contributed by atoms with Crippen LogP contribution in [0, 0.1) is 0 Å². The van der Waals surface area contributed by atoms with Crippen LogP contribution in [0.4, 0.5) is 5.69 Å². The smallest absolute Gasteiger partial charge is 0.264 e. The number of hydrogen-bond donors (Lipinski definition) is 4. The van der Waals surface area contributed by atoms with E-state index in [9.17, 15) is 18.0 Å². The predicted molar refractivity (Wildman–Crippen MR) is 172 cm³/mol. The van der Waals surface area contributed by atoms with Crippen LogP contribution in [-0.2, 0) is 27.8 Å². The fourth-order valence-electron chi connectivity index (χ4n) is 4.32. The number of rotatable bonds is 10. The molecular formula is C29H24Cl3N5O4S2. The summed E-state index contributed by atoms with van der Waals surface area (Å²) in [5.41, 5.74) is 1.87. The van der Waals surface area contributed by atoms with Crippen LogP contribution in [0.3, 0.4) is 0 Å². The lowest BCUT2D eigenvalue weighted by atomic mass is 10.0. The standard InChI is InChI=1S/C29H24Cl3N5O4S2/c30-20-9-10-21(24(15-20)36-43(40,41)27-7-4-12-37-26(27)17-34-42-37)28(38)35-25(14-19-8-11-22(31)23(32)13-19)29(39)33-16-18-5-2-1-3-6-18/h1-13,15,17,25,34,36H,14,16H2,(H,33,39)(H,35,38)/t25-/m0/s1. The Labute approximate surface area is 268 Å². The average Bonchev–Trinajstić information content (AvgIpc) is 3.47. The molecule has 2 aliphatic heterocycles. The summed E-state index contributed by atoms with van der Waals surface area (Å²) in [5.74, 6) is -1.14. The van der Waals surface area contributed by atoms with Gasteiger partial charge in [0, 0.05) is 30.4 Å². The third-order valence-corrected chi connectivity index (χ3v) is 9.55. The summed E-state index contributed by atoms with van der Waals surface area (Å²) in [5, 5.41) is 6.47. The lowest BCUT2D eigenvalue weighted by Gasteiger charge is -2.22. The maximum absolute atomic E-state index is 13.6. The number of nitrogens with one attached hydrogen (secondary N) is 4. The molecule has 0 aliphatic carbocycles. The van der Waals surface area contributed by atoms with Crippen molar-refractivity contribution in [2.24, 2.45) is 0 Å². The van der Waals surface area contributed by atoms with E-state index in [2.05, 4.69) is 20.1 Å². The lowest BCUT2D eigenvalue weighted by Crippen LogP contribution is -2.48. The van der Waals surface area contributed by atoms with E-state index in [1.165, 1.54) is 36.4 Å². The molecule has 3 aromatic rings. The van der Waals surface area contributed by atoms with Gasteiger partial charge in [0.15, 0.2) is 0 Å². The van der Waals surface area contributed by atoms with Crippen LogP contribution >= 0.6 is 46.9 Å². The van der Waals surface area contributed by atoms with Crippen LogP contribution in [0.2, 0.25) is 15.1 Å². The van der Waals surface area contributed by atoms with Gasteiger partial charge in [0.05, 0.1) is 39.1 Å². The van der Waals surface area contributed by atoms with Gasteiger partial charge < -0.3 is 15.4 Å². The third-order valence-electron chi connectivity index (χ3n) is 6.42. The fraction of sp³-hybridized carbons (Fsp3) is 0.103. The Morgan fingerprint density at radius 2 is 1.74 bits per heavy atom. The number of hydrogen-bond acceptors (Lipinski definition) is 7. The molecule has 2 amide bonds. The number of fused-ring (bicyclic) bond motifs is 1. The third kappa shape index (κ3) is 7.49. The van der Waals surface area contributed by atoms with Gasteiger partial charge in [-0.05, 0) is 53.6 Å². The molecule has 5 rings (SSSR count). The molecule has 0 unspecified atom stereocenters. The van der Waals surface area contributed by atoms with Crippen LogP contribution in [0.15, 0.2) is 102 Å². The second-order valence-electron chi connectivity index (χ2n) is 9.41. The van der Waals surface area contributed by atoms with Gasteiger partial charge in [0.1, 0.15) is 10.9 Å². The molecule has 222 valence electrons. The van der Waals surface area contributed by atoms with E-state index in [1.54, 1.807) is 41.0 Å². The maximum atomic E-state index is 13.6. The minimum atomic E-state index is -4.15. The highest BCUT2D eigenvalue weighted by Crippen LogP contribution is 2.34. The first kappa shape index (κ1) is 30.8. The van der Waals surface area contributed by atoms with Crippen LogP contribution in [0.1, 0.15) is 21.5 Å². The second-order valence-corrected chi connectivity index (χ2v) is 13.1. The van der Waals surface area contributed by atoms with E-state index in [0.29, 0.717) is 21.3 Å². The molecule has 2 aliphatic rings. The van der Waals surface area contributed by atoms with E-state index in [4.69, 9.17) is 34.8 Å². The summed E-state index contributed by atoms with van der Waals surface area (Å²) in [6.07, 6.45) is 6.41. The molecule has 14 heteroatoms. The van der Waals surface area contributed by atoms with Gasteiger partial charge >= 0.3 is 0 Å². The van der Waals surface area contributed by atoms with Crippen LogP contribution in [-0.4, -0.2) is 30.6 Å². The molecule has 3 aromatic carbocycles. The summed E-state index contributed by atoms with van der Waals surface area (Å²) >= 11 is 19.7. The Balaban J connectivity index is 1.40. The minimum absolute atomic E-state index is 0.00313. The summed E-state index contributed by atoms with van der Waals surface area (Å²) in [6.45, 7) is 0.239. The minimum Gasteiger partial charge on any atom is -0.350 e. The predicted octanol–water partition coefficient (Wildman–Crippen LogP) is 5.77. The van der Waals surface area contributed by atoms with E-state index in [-0.39, 0.29) is 34.1 Å². The number of allylic oxidation sites excluding steroid dienone is 2. The largest absolute Gasteiger partial charge is 0.350 e. The van der Waals surface area contributed by atoms with Crippen molar-refractivity contribution in [3.05, 3.63) is 134 Å². The quantitative estimate of drug-likeness (QED) is 0.202. The maximum Gasteiger partial charge on any atom is 0.264 e. The van der Waals surface area contributed by atoms with Crippen LogP contribution < -0.4 is 20.1 Å². The topological polar surface area (TPSA) is 120 Å². The zero-order chi connectivity index (χ0) is 30.6. The van der Waals surface area contributed by atoms with Gasteiger partial charge in [0.25, 0.3) is 15.9 Å². The number of carbonyl (C=O) groups is 2. The molecule has 0 saturated heterocycles. The van der Waals surface area contributed by atoms with Gasteiger partial charge in [-0.15, -0.1) is 0 Å². The molecule has 43 heavy (non-hydrogen) atoms. The summed E-state index contributed by atoms with van der Waals surface area (Å²) < 4.78 is 34.0. The Kier molecular flexibility index (Phi) is 9.58. The summed E-state index contributed by atoms with van der Waals surface area (Å²) in [4.78, 5) is 27.0. The molecule has 0 radical (unpaired) electrons. The molecule has 2 heterocycles. The first-order valence-electron chi connectivity index (χ1n) is 12.8. The zero-order valence-electron chi connectivity index (χ0n) is 22.2. The van der Waals surface area contributed by atoms with Crippen molar-refractivity contribution in [3.8, 4) is 0 Å². The number of nitrogens with zero attached hydrogens (tertiary/aromatic N) is 1. The molecule has 9 nitrogen and oxygen atoms in total. The first-order valence-corrected chi connectivity index (χ1v) is 16.2. The second kappa shape index (κ2) is 13.4. The SMILES string of the molecule is O=C(N[C@@H](Cc1ccc(Cl)c(Cl)c1)C(=O)NCc1ccccc1)c1ccc(Cl)cc1NS(=O)(=O)C1=CC=CN2SNC=C12. The highest BCUT2D eigenvalue weighted by molar-refractivity contribution is 7.97. The van der Waals surface area contributed by atoms with E-state index in [1.807, 2.05) is 30.3 Å². The van der Waals surface area contributed by atoms with Crippen LogP contribution in [0.5, 0.6) is 0 Å². The van der Waals surface area contributed by atoms with Crippen molar-refractivity contribution in [2.45, 2.75) is 19.0 Å². The Morgan fingerprint density at radius 3 is 2.51 bits per heavy atom. The van der Waals surface area contributed by atoms with Crippen molar-refractivity contribution in [3.63, 3.8) is 0 Å². The van der Waals surface area contributed by atoms with Gasteiger partial charge in [-0.25, -0.2) is 8.42 Å². The Bertz CT molecular complexity index is 1760. The number of amides is 2. The van der Waals surface area contributed by atoms with Crippen LogP contribution in [0.25, 0.3) is 0 Å². The van der Waals surface area contributed by atoms with E-state index >= 15 is 0 Å². The van der Waals surface area contributed by atoms with Gasteiger partial charge in [-0.2, -0.15) is 0 Å². The number of halogens is 3. The van der Waals surface area contributed by atoms with Crippen molar-refractivity contribution in [2.75, 3.05) is 4.72 Å². The van der Waals surface area contributed by atoms with Gasteiger partial charge in [0.2, 0.25) is 5.91 Å². The molecule has 0 bridgehead atoms. The van der Waals surface area contributed by atoms with E-state index < -0.39 is 27.9 Å². The van der Waals surface area contributed by atoms with Gasteiger partial charge in [-0.1, -0.05) is 71.2 Å². The van der Waals surface area contributed by atoms with Crippen molar-refractivity contribution in [1.29, 1.82) is 0 Å². The molecule has 0 spiro atoms. The molecular weight excluding hydrogens is 653 g/mol. The summed E-state index contributed by atoms with van der Waals surface area (Å²) in [6, 6.07) is 17.4.